The molecule has 1 aliphatic heterocycles. The molecule has 6 nitrogen and oxygen atoms in total. The van der Waals surface area contributed by atoms with Crippen molar-refractivity contribution < 1.29 is 17.9 Å². The highest BCUT2D eigenvalue weighted by atomic mass is 32.2. The second kappa shape index (κ2) is 7.70. The number of carbonyl (C=O) groups excluding carboxylic acids is 1. The molecule has 0 spiro atoms. The van der Waals surface area contributed by atoms with Gasteiger partial charge in [0.15, 0.2) is 0 Å². The van der Waals surface area contributed by atoms with Gasteiger partial charge in [-0.3, -0.25) is 0 Å². The summed E-state index contributed by atoms with van der Waals surface area (Å²) in [4.78, 5) is 13.4. The van der Waals surface area contributed by atoms with Gasteiger partial charge in [-0.25, -0.2) is 17.9 Å². The quantitative estimate of drug-likeness (QED) is 0.560. The standard InChI is InChI=1S/C12H20N2O4S2/c1-3-7-18-12(15)14-9-11(19)8-10(14)5-4-6-13-20(2,16)17/h3-5,10-11,13,19H,1,6-9H2,2H3/b5-4+/t10-,11+/m1/s1. The van der Waals surface area contributed by atoms with E-state index in [9.17, 15) is 13.2 Å². The predicted octanol–water partition coefficient (Wildman–Crippen LogP) is 0.787. The first-order valence-corrected chi connectivity index (χ1v) is 8.58. The zero-order chi connectivity index (χ0) is 15.2. The second-order valence-electron chi connectivity index (χ2n) is 4.52. The molecule has 0 aliphatic carbocycles. The third-order valence-corrected chi connectivity index (χ3v) is 3.77. The fraction of sp³-hybridized carbons (Fsp3) is 0.583. The van der Waals surface area contributed by atoms with Crippen molar-refractivity contribution >= 4 is 28.7 Å². The number of ether oxygens (including phenoxy) is 1. The minimum absolute atomic E-state index is 0.0869. The zero-order valence-corrected chi connectivity index (χ0v) is 13.1. The van der Waals surface area contributed by atoms with Crippen molar-refractivity contribution in [3.05, 3.63) is 24.8 Å². The number of hydrogen-bond acceptors (Lipinski definition) is 5. The third kappa shape index (κ3) is 5.98. The van der Waals surface area contributed by atoms with Crippen LogP contribution in [0, 0.1) is 0 Å². The lowest BCUT2D eigenvalue weighted by Crippen LogP contribution is -2.35. The maximum Gasteiger partial charge on any atom is 0.410 e. The Morgan fingerprint density at radius 1 is 1.60 bits per heavy atom. The third-order valence-electron chi connectivity index (χ3n) is 2.70. The molecule has 1 fully saturated rings. The lowest BCUT2D eigenvalue weighted by molar-refractivity contribution is 0.114. The van der Waals surface area contributed by atoms with Crippen LogP contribution >= 0.6 is 12.6 Å². The highest BCUT2D eigenvalue weighted by Gasteiger charge is 2.32. The van der Waals surface area contributed by atoms with E-state index in [1.807, 2.05) is 0 Å². The Morgan fingerprint density at radius 3 is 2.90 bits per heavy atom. The molecule has 2 atom stereocenters. The summed E-state index contributed by atoms with van der Waals surface area (Å²) in [7, 11) is -3.21. The normalized spacial score (nSPS) is 23.2. The van der Waals surface area contributed by atoms with Gasteiger partial charge in [0, 0.05) is 18.3 Å². The number of hydrogen-bond donors (Lipinski definition) is 2. The Labute approximate surface area is 125 Å². The van der Waals surface area contributed by atoms with Crippen LogP contribution in [0.15, 0.2) is 24.8 Å². The average molecular weight is 320 g/mol. The van der Waals surface area contributed by atoms with Crippen molar-refractivity contribution in [2.24, 2.45) is 0 Å². The molecule has 1 saturated heterocycles. The smallest absolute Gasteiger partial charge is 0.410 e. The summed E-state index contributed by atoms with van der Waals surface area (Å²) >= 11 is 4.37. The van der Waals surface area contributed by atoms with Crippen LogP contribution in [0.5, 0.6) is 0 Å². The van der Waals surface area contributed by atoms with Gasteiger partial charge in [0.05, 0.1) is 12.3 Å². The Bertz CT molecular complexity index is 476. The van der Waals surface area contributed by atoms with E-state index in [2.05, 4.69) is 23.9 Å². The molecule has 1 amide bonds. The minimum Gasteiger partial charge on any atom is -0.445 e. The molecule has 0 radical (unpaired) electrons. The lowest BCUT2D eigenvalue weighted by atomic mass is 10.2. The van der Waals surface area contributed by atoms with Gasteiger partial charge < -0.3 is 9.64 Å². The number of thiol groups is 1. The van der Waals surface area contributed by atoms with Gasteiger partial charge in [-0.1, -0.05) is 24.8 Å². The predicted molar refractivity (Wildman–Crippen MR) is 81.4 cm³/mol. The first-order valence-electron chi connectivity index (χ1n) is 6.17. The van der Waals surface area contributed by atoms with Gasteiger partial charge in [-0.2, -0.15) is 12.6 Å². The highest BCUT2D eigenvalue weighted by Crippen LogP contribution is 2.23. The number of nitrogens with one attached hydrogen (secondary N) is 1. The fourth-order valence-electron chi connectivity index (χ4n) is 1.87. The lowest BCUT2D eigenvalue weighted by Gasteiger charge is -2.21. The second-order valence-corrected chi connectivity index (χ2v) is 7.09. The zero-order valence-electron chi connectivity index (χ0n) is 11.4. The van der Waals surface area contributed by atoms with Crippen LogP contribution in [0.3, 0.4) is 0 Å². The largest absolute Gasteiger partial charge is 0.445 e. The fourth-order valence-corrected chi connectivity index (χ4v) is 2.66. The molecule has 20 heavy (non-hydrogen) atoms. The summed E-state index contributed by atoms with van der Waals surface area (Å²) in [6, 6.07) is -0.129. The molecule has 1 rings (SSSR count). The topological polar surface area (TPSA) is 75.7 Å². The van der Waals surface area contributed by atoms with Crippen molar-refractivity contribution in [1.82, 2.24) is 9.62 Å². The van der Waals surface area contributed by atoms with Crippen LogP contribution in [0.2, 0.25) is 0 Å². The summed E-state index contributed by atoms with van der Waals surface area (Å²) in [5.74, 6) is 0. The Morgan fingerprint density at radius 2 is 2.30 bits per heavy atom. The number of amides is 1. The number of likely N-dealkylation sites (tertiary alicyclic amines) is 1. The highest BCUT2D eigenvalue weighted by molar-refractivity contribution is 7.88. The first-order chi connectivity index (χ1) is 9.33. The summed E-state index contributed by atoms with van der Waals surface area (Å²) < 4.78 is 29.2. The summed E-state index contributed by atoms with van der Waals surface area (Å²) in [6.45, 7) is 4.36. The van der Waals surface area contributed by atoms with Crippen LogP contribution in [0.4, 0.5) is 4.79 Å². The maximum atomic E-state index is 11.8. The summed E-state index contributed by atoms with van der Waals surface area (Å²) in [6.07, 6.45) is 6.38. The van der Waals surface area contributed by atoms with E-state index in [1.165, 1.54) is 6.08 Å². The van der Waals surface area contributed by atoms with Crippen molar-refractivity contribution in [1.29, 1.82) is 0 Å². The molecule has 8 heteroatoms. The van der Waals surface area contributed by atoms with E-state index in [0.29, 0.717) is 13.0 Å². The molecule has 0 saturated carbocycles. The van der Waals surface area contributed by atoms with Crippen molar-refractivity contribution in [3.8, 4) is 0 Å². The van der Waals surface area contributed by atoms with Gasteiger partial charge in [0.2, 0.25) is 10.0 Å². The molecular weight excluding hydrogens is 300 g/mol. The van der Waals surface area contributed by atoms with Crippen LogP contribution in [-0.2, 0) is 14.8 Å². The van der Waals surface area contributed by atoms with Crippen LogP contribution < -0.4 is 4.72 Å². The first kappa shape index (κ1) is 17.1. The molecule has 0 aromatic rings. The van der Waals surface area contributed by atoms with E-state index < -0.39 is 16.1 Å². The molecule has 0 bridgehead atoms. The van der Waals surface area contributed by atoms with Gasteiger partial charge >= 0.3 is 6.09 Å². The van der Waals surface area contributed by atoms with Crippen molar-refractivity contribution in [2.75, 3.05) is 26.0 Å². The Balaban J connectivity index is 2.55. The van der Waals surface area contributed by atoms with E-state index in [1.54, 1.807) is 17.1 Å². The van der Waals surface area contributed by atoms with E-state index in [0.717, 1.165) is 6.26 Å². The van der Waals surface area contributed by atoms with Gasteiger partial charge in [0.25, 0.3) is 0 Å². The SMILES string of the molecule is C=CCOC(=O)N1C[C@@H](S)C[C@H]1/C=C/CNS(C)(=O)=O. The van der Waals surface area contributed by atoms with Crippen molar-refractivity contribution in [3.63, 3.8) is 0 Å². The molecule has 1 heterocycles. The van der Waals surface area contributed by atoms with Crippen molar-refractivity contribution in [2.45, 2.75) is 17.7 Å². The molecule has 1 N–H and O–H groups in total. The van der Waals surface area contributed by atoms with Gasteiger partial charge in [-0.05, 0) is 6.42 Å². The van der Waals surface area contributed by atoms with Gasteiger partial charge in [0.1, 0.15) is 6.61 Å². The number of sulfonamides is 1. The Kier molecular flexibility index (Phi) is 6.57. The summed E-state index contributed by atoms with van der Waals surface area (Å²) in [5, 5.41) is 0.0869. The number of rotatable bonds is 6. The molecule has 0 aromatic carbocycles. The van der Waals surface area contributed by atoms with E-state index in [4.69, 9.17) is 4.74 Å². The number of nitrogens with zero attached hydrogens (tertiary/aromatic N) is 1. The van der Waals surface area contributed by atoms with E-state index in [-0.39, 0.29) is 24.4 Å². The van der Waals surface area contributed by atoms with Crippen LogP contribution in [0.25, 0.3) is 0 Å². The maximum absolute atomic E-state index is 11.8. The molecule has 0 aromatic heterocycles. The van der Waals surface area contributed by atoms with E-state index >= 15 is 0 Å². The number of carbonyl (C=O) groups is 1. The Hall–Kier alpha value is -0.990. The minimum atomic E-state index is -3.21. The summed E-state index contributed by atoms with van der Waals surface area (Å²) in [5.41, 5.74) is 0. The molecule has 0 unspecified atom stereocenters. The van der Waals surface area contributed by atoms with Gasteiger partial charge in [-0.15, -0.1) is 0 Å². The van der Waals surface area contributed by atoms with Crippen LogP contribution in [-0.4, -0.2) is 56.7 Å². The molecular formula is C12H20N2O4S2. The molecule has 1 aliphatic rings. The average Bonchev–Trinajstić information content (AvgIpc) is 2.72. The molecule has 114 valence electrons. The van der Waals surface area contributed by atoms with Crippen LogP contribution in [0.1, 0.15) is 6.42 Å². The monoisotopic (exact) mass is 320 g/mol.